The van der Waals surface area contributed by atoms with Gasteiger partial charge < -0.3 is 9.84 Å². The number of alkyl halides is 3. The van der Waals surface area contributed by atoms with Crippen LogP contribution in [0, 0.1) is 0 Å². The summed E-state index contributed by atoms with van der Waals surface area (Å²) in [6, 6.07) is 9.89. The van der Waals surface area contributed by atoms with Crippen LogP contribution in [-0.4, -0.2) is 17.8 Å². The molecule has 0 aliphatic rings. The number of phenolic OH excluding ortho intramolecular Hbond substituents is 1. The number of benzene rings is 2. The Balaban J connectivity index is 2.27. The fourth-order valence-electron chi connectivity index (χ4n) is 1.56. The average Bonchev–Trinajstić information content (AvgIpc) is 2.40. The zero-order chi connectivity index (χ0) is 15.5. The molecule has 0 aromatic heterocycles. The van der Waals surface area contributed by atoms with Crippen LogP contribution in [0.4, 0.5) is 13.2 Å². The second kappa shape index (κ2) is 6.09. The molecule has 0 heterocycles. The van der Waals surface area contributed by atoms with Gasteiger partial charge in [0.15, 0.2) is 6.29 Å². The van der Waals surface area contributed by atoms with Gasteiger partial charge in [0, 0.05) is 4.90 Å². The van der Waals surface area contributed by atoms with Crippen LogP contribution in [0.15, 0.2) is 52.3 Å². The molecule has 0 aliphatic carbocycles. The highest BCUT2D eigenvalue weighted by Gasteiger charge is 2.32. The van der Waals surface area contributed by atoms with E-state index in [4.69, 9.17) is 0 Å². The minimum absolute atomic E-state index is 0.110. The lowest BCUT2D eigenvalue weighted by Crippen LogP contribution is -2.17. The highest BCUT2D eigenvalue weighted by Crippen LogP contribution is 2.38. The molecule has 21 heavy (non-hydrogen) atoms. The van der Waals surface area contributed by atoms with Gasteiger partial charge in [-0.2, -0.15) is 0 Å². The molecule has 0 radical (unpaired) electrons. The molecule has 2 rings (SSSR count). The zero-order valence-electron chi connectivity index (χ0n) is 10.4. The third-order valence-corrected chi connectivity index (χ3v) is 3.48. The molecular weight excluding hydrogens is 305 g/mol. The van der Waals surface area contributed by atoms with Crippen LogP contribution >= 0.6 is 11.8 Å². The predicted molar refractivity (Wildman–Crippen MR) is 70.7 cm³/mol. The summed E-state index contributed by atoms with van der Waals surface area (Å²) in [5.74, 6) is -0.557. The quantitative estimate of drug-likeness (QED) is 0.857. The molecule has 2 aromatic carbocycles. The number of halogens is 3. The van der Waals surface area contributed by atoms with Gasteiger partial charge in [-0.05, 0) is 30.3 Å². The normalized spacial score (nSPS) is 11.2. The van der Waals surface area contributed by atoms with Crippen LogP contribution < -0.4 is 4.74 Å². The van der Waals surface area contributed by atoms with E-state index < -0.39 is 6.36 Å². The summed E-state index contributed by atoms with van der Waals surface area (Å²) in [6.45, 7) is 0. The van der Waals surface area contributed by atoms with Crippen molar-refractivity contribution < 1.29 is 27.8 Å². The van der Waals surface area contributed by atoms with E-state index in [9.17, 15) is 23.1 Å². The molecule has 0 saturated carbocycles. The molecule has 0 saturated heterocycles. The summed E-state index contributed by atoms with van der Waals surface area (Å²) < 4.78 is 40.9. The summed E-state index contributed by atoms with van der Waals surface area (Å²) in [7, 11) is 0. The van der Waals surface area contributed by atoms with E-state index in [-0.39, 0.29) is 22.0 Å². The van der Waals surface area contributed by atoms with Crippen molar-refractivity contribution in [1.29, 1.82) is 0 Å². The fourth-order valence-corrected chi connectivity index (χ4v) is 2.47. The summed E-state index contributed by atoms with van der Waals surface area (Å²) in [6.07, 6.45) is -4.29. The lowest BCUT2D eigenvalue weighted by atomic mass is 10.2. The minimum atomic E-state index is -4.78. The van der Waals surface area contributed by atoms with Gasteiger partial charge in [-0.15, -0.1) is 13.2 Å². The van der Waals surface area contributed by atoms with Gasteiger partial charge in [0.25, 0.3) is 0 Å². The molecular formula is C14H9F3O3S. The number of carbonyl (C=O) groups excluding carboxylic acids is 1. The number of aldehydes is 1. The van der Waals surface area contributed by atoms with Crippen LogP contribution in [0.5, 0.6) is 11.5 Å². The monoisotopic (exact) mass is 314 g/mol. The summed E-state index contributed by atoms with van der Waals surface area (Å²) in [5, 5.41) is 9.57. The third kappa shape index (κ3) is 4.16. The maximum Gasteiger partial charge on any atom is 0.573 e. The van der Waals surface area contributed by atoms with Crippen LogP contribution in [0.3, 0.4) is 0 Å². The molecule has 0 amide bonds. The van der Waals surface area contributed by atoms with Gasteiger partial charge in [-0.3, -0.25) is 4.79 Å². The highest BCUT2D eigenvalue weighted by atomic mass is 32.2. The predicted octanol–water partition coefficient (Wildman–Crippen LogP) is 4.25. The maximum atomic E-state index is 12.3. The van der Waals surface area contributed by atoms with Crippen LogP contribution in [0.25, 0.3) is 0 Å². The van der Waals surface area contributed by atoms with Crippen molar-refractivity contribution >= 4 is 18.0 Å². The third-order valence-electron chi connectivity index (χ3n) is 2.43. The smallest absolute Gasteiger partial charge is 0.507 e. The van der Waals surface area contributed by atoms with Crippen molar-refractivity contribution in [3.8, 4) is 11.5 Å². The molecule has 7 heteroatoms. The molecule has 0 bridgehead atoms. The summed E-state index contributed by atoms with van der Waals surface area (Å²) in [5.41, 5.74) is 0.110. The number of hydrogen-bond acceptors (Lipinski definition) is 4. The Morgan fingerprint density at radius 3 is 2.48 bits per heavy atom. The van der Waals surface area contributed by atoms with Crippen LogP contribution in [0.1, 0.15) is 10.4 Å². The number of phenols is 1. The molecule has 0 unspecified atom stereocenters. The second-order valence-corrected chi connectivity index (χ2v) is 5.05. The first kappa shape index (κ1) is 15.2. The Kier molecular flexibility index (Phi) is 4.42. The molecule has 1 N–H and O–H groups in total. The lowest BCUT2D eigenvalue weighted by Gasteiger charge is -2.12. The molecule has 110 valence electrons. The Morgan fingerprint density at radius 1 is 1.14 bits per heavy atom. The van der Waals surface area contributed by atoms with E-state index in [2.05, 4.69) is 4.74 Å². The molecule has 0 atom stereocenters. The van der Waals surface area contributed by atoms with Crippen molar-refractivity contribution in [2.24, 2.45) is 0 Å². The van der Waals surface area contributed by atoms with Crippen LogP contribution in [0.2, 0.25) is 0 Å². The van der Waals surface area contributed by atoms with Crippen LogP contribution in [-0.2, 0) is 0 Å². The number of para-hydroxylation sites is 1. The minimum Gasteiger partial charge on any atom is -0.507 e. The van der Waals surface area contributed by atoms with Crippen molar-refractivity contribution in [1.82, 2.24) is 0 Å². The topological polar surface area (TPSA) is 46.5 Å². The van der Waals surface area contributed by atoms with E-state index in [1.165, 1.54) is 36.4 Å². The van der Waals surface area contributed by atoms with Gasteiger partial charge in [0.2, 0.25) is 0 Å². The number of carbonyl (C=O) groups is 1. The van der Waals surface area contributed by atoms with E-state index in [0.717, 1.165) is 11.8 Å². The first-order valence-corrected chi connectivity index (χ1v) is 6.51. The highest BCUT2D eigenvalue weighted by molar-refractivity contribution is 7.99. The summed E-state index contributed by atoms with van der Waals surface area (Å²) >= 11 is 0.987. The number of hydrogen-bond donors (Lipinski definition) is 1. The standard InChI is InChI=1S/C14H9F3O3S/c15-14(16,17)20-12-3-1-2-4-13(12)21-10-6-5-9(8-18)11(19)7-10/h1-8,19H. The van der Waals surface area contributed by atoms with Gasteiger partial charge in [0.1, 0.15) is 11.5 Å². The molecule has 0 spiro atoms. The summed E-state index contributed by atoms with van der Waals surface area (Å²) in [4.78, 5) is 11.3. The second-order valence-electron chi connectivity index (χ2n) is 3.94. The molecule has 2 aromatic rings. The average molecular weight is 314 g/mol. The number of rotatable bonds is 4. The first-order chi connectivity index (χ1) is 9.89. The maximum absolute atomic E-state index is 12.3. The van der Waals surface area contributed by atoms with E-state index in [0.29, 0.717) is 11.2 Å². The van der Waals surface area contributed by atoms with Crippen molar-refractivity contribution in [3.63, 3.8) is 0 Å². The Labute approximate surface area is 122 Å². The van der Waals surface area contributed by atoms with Gasteiger partial charge >= 0.3 is 6.36 Å². The fraction of sp³-hybridized carbons (Fsp3) is 0.0714. The number of aromatic hydroxyl groups is 1. The SMILES string of the molecule is O=Cc1ccc(Sc2ccccc2OC(F)(F)F)cc1O. The van der Waals surface area contributed by atoms with Gasteiger partial charge in [-0.1, -0.05) is 23.9 Å². The van der Waals surface area contributed by atoms with Crippen molar-refractivity contribution in [2.75, 3.05) is 0 Å². The van der Waals surface area contributed by atoms with E-state index >= 15 is 0 Å². The number of ether oxygens (including phenoxy) is 1. The lowest BCUT2D eigenvalue weighted by molar-refractivity contribution is -0.275. The van der Waals surface area contributed by atoms with Crippen molar-refractivity contribution in [3.05, 3.63) is 48.0 Å². The van der Waals surface area contributed by atoms with Gasteiger partial charge in [0.05, 0.1) is 10.5 Å². The molecule has 0 fully saturated rings. The molecule has 3 nitrogen and oxygen atoms in total. The Morgan fingerprint density at radius 2 is 1.86 bits per heavy atom. The Bertz CT molecular complexity index is 656. The largest absolute Gasteiger partial charge is 0.573 e. The van der Waals surface area contributed by atoms with E-state index in [1.807, 2.05) is 0 Å². The first-order valence-electron chi connectivity index (χ1n) is 5.70. The molecule has 0 aliphatic heterocycles. The zero-order valence-corrected chi connectivity index (χ0v) is 11.2. The van der Waals surface area contributed by atoms with Crippen molar-refractivity contribution in [2.45, 2.75) is 16.2 Å². The van der Waals surface area contributed by atoms with E-state index in [1.54, 1.807) is 6.07 Å². The Hall–Kier alpha value is -2.15. The van der Waals surface area contributed by atoms with Gasteiger partial charge in [-0.25, -0.2) is 0 Å².